The molecule has 0 aliphatic rings. The minimum atomic E-state index is -0.916. The van der Waals surface area contributed by atoms with E-state index in [2.05, 4.69) is 15.9 Å². The largest absolute Gasteiger partial charge is 0.483 e. The summed E-state index contributed by atoms with van der Waals surface area (Å²) in [7, 11) is 0. The molecule has 2 aromatic rings. The van der Waals surface area contributed by atoms with Crippen molar-refractivity contribution in [2.24, 2.45) is 0 Å². The summed E-state index contributed by atoms with van der Waals surface area (Å²) in [6.45, 7) is -0.501. The van der Waals surface area contributed by atoms with E-state index in [4.69, 9.17) is 10.5 Å². The average Bonchev–Trinajstić information content (AvgIpc) is 2.39. The molecule has 6 heteroatoms. The number of anilines is 1. The number of hydrogen-bond donors (Lipinski definition) is 1. The van der Waals surface area contributed by atoms with E-state index in [0.717, 1.165) is 12.1 Å². The van der Waals surface area contributed by atoms with Gasteiger partial charge in [0.1, 0.15) is 17.4 Å². The number of ketones is 1. The number of benzene rings is 2. The fourth-order valence-electron chi connectivity index (χ4n) is 1.61. The lowest BCUT2D eigenvalue weighted by molar-refractivity contribution is 0.0913. The molecule has 0 aliphatic heterocycles. The number of nitrogen functional groups attached to an aromatic ring is 1. The van der Waals surface area contributed by atoms with Crippen LogP contribution in [-0.2, 0) is 0 Å². The molecule has 0 heterocycles. The lowest BCUT2D eigenvalue weighted by Crippen LogP contribution is -2.15. The van der Waals surface area contributed by atoms with Gasteiger partial charge < -0.3 is 10.5 Å². The van der Waals surface area contributed by atoms with Crippen molar-refractivity contribution in [3.8, 4) is 5.75 Å². The molecule has 0 aliphatic carbocycles. The van der Waals surface area contributed by atoms with Crippen LogP contribution >= 0.6 is 15.9 Å². The van der Waals surface area contributed by atoms with Crippen LogP contribution in [0.4, 0.5) is 14.5 Å². The summed E-state index contributed by atoms with van der Waals surface area (Å²) in [5.41, 5.74) is 5.39. The Bertz CT molecular complexity index is 641. The Balaban J connectivity index is 2.15. The number of nitrogens with two attached hydrogens (primary N) is 1. The Labute approximate surface area is 122 Å². The first-order valence-electron chi connectivity index (χ1n) is 5.64. The van der Waals surface area contributed by atoms with Crippen molar-refractivity contribution in [2.75, 3.05) is 12.3 Å². The van der Waals surface area contributed by atoms with Gasteiger partial charge in [-0.1, -0.05) is 22.0 Å². The van der Waals surface area contributed by atoms with Gasteiger partial charge in [-0.3, -0.25) is 4.79 Å². The van der Waals surface area contributed by atoms with Gasteiger partial charge in [0.25, 0.3) is 0 Å². The molecule has 0 bridgehead atoms. The van der Waals surface area contributed by atoms with Crippen LogP contribution in [0.1, 0.15) is 10.4 Å². The Morgan fingerprint density at radius 1 is 1.20 bits per heavy atom. The highest BCUT2D eigenvalue weighted by Gasteiger charge is 2.17. The molecule has 0 radical (unpaired) electrons. The predicted molar refractivity (Wildman–Crippen MR) is 74.7 cm³/mol. The van der Waals surface area contributed by atoms with Gasteiger partial charge in [0.05, 0.1) is 11.3 Å². The molecular weight excluding hydrogens is 332 g/mol. The Hall–Kier alpha value is -1.95. The van der Waals surface area contributed by atoms with Gasteiger partial charge in [-0.05, 0) is 30.3 Å². The maximum Gasteiger partial charge on any atom is 0.206 e. The summed E-state index contributed by atoms with van der Waals surface area (Å²) in [5.74, 6) is -2.36. The van der Waals surface area contributed by atoms with Gasteiger partial charge in [-0.2, -0.15) is 0 Å². The lowest BCUT2D eigenvalue weighted by atomic mass is 10.1. The zero-order valence-corrected chi connectivity index (χ0v) is 11.8. The van der Waals surface area contributed by atoms with Gasteiger partial charge in [0.2, 0.25) is 5.78 Å². The van der Waals surface area contributed by atoms with Crippen molar-refractivity contribution >= 4 is 27.4 Å². The molecule has 0 spiro atoms. The van der Waals surface area contributed by atoms with Crippen LogP contribution in [0, 0.1) is 11.6 Å². The highest BCUT2D eigenvalue weighted by molar-refractivity contribution is 9.10. The van der Waals surface area contributed by atoms with E-state index in [1.165, 1.54) is 6.07 Å². The molecule has 3 nitrogen and oxygen atoms in total. The molecule has 104 valence electrons. The number of halogens is 3. The van der Waals surface area contributed by atoms with Crippen molar-refractivity contribution < 1.29 is 18.3 Å². The van der Waals surface area contributed by atoms with Crippen LogP contribution in [-0.4, -0.2) is 12.4 Å². The molecule has 0 fully saturated rings. The fraction of sp³-hybridized carbons (Fsp3) is 0.0714. The van der Waals surface area contributed by atoms with Crippen LogP contribution in [0.3, 0.4) is 0 Å². The third-order valence-electron chi connectivity index (χ3n) is 2.58. The van der Waals surface area contributed by atoms with Gasteiger partial charge >= 0.3 is 0 Å². The topological polar surface area (TPSA) is 52.3 Å². The Morgan fingerprint density at radius 3 is 2.50 bits per heavy atom. The number of Topliss-reactive ketones (excluding diaryl/α,β-unsaturated/α-hetero) is 1. The first kappa shape index (κ1) is 14.5. The summed E-state index contributed by atoms with van der Waals surface area (Å²) in [4.78, 5) is 11.8. The molecule has 0 unspecified atom stereocenters. The summed E-state index contributed by atoms with van der Waals surface area (Å²) in [6, 6.07) is 8.09. The van der Waals surface area contributed by atoms with Crippen LogP contribution in [0.2, 0.25) is 0 Å². The first-order chi connectivity index (χ1) is 9.49. The van der Waals surface area contributed by atoms with Crippen molar-refractivity contribution in [1.82, 2.24) is 0 Å². The van der Waals surface area contributed by atoms with E-state index >= 15 is 0 Å². The van der Waals surface area contributed by atoms with Crippen molar-refractivity contribution in [2.45, 2.75) is 0 Å². The van der Waals surface area contributed by atoms with E-state index in [1.54, 1.807) is 18.2 Å². The zero-order chi connectivity index (χ0) is 14.7. The number of ether oxygens (including phenoxy) is 1. The number of hydrogen-bond acceptors (Lipinski definition) is 3. The predicted octanol–water partition coefficient (Wildman–Crippen LogP) is 3.57. The van der Waals surface area contributed by atoms with Crippen LogP contribution in [0.15, 0.2) is 40.9 Å². The zero-order valence-electron chi connectivity index (χ0n) is 10.2. The van der Waals surface area contributed by atoms with Crippen molar-refractivity contribution in [3.63, 3.8) is 0 Å². The second-order valence-electron chi connectivity index (χ2n) is 3.99. The highest BCUT2D eigenvalue weighted by Crippen LogP contribution is 2.26. The van der Waals surface area contributed by atoms with Gasteiger partial charge in [0.15, 0.2) is 6.61 Å². The van der Waals surface area contributed by atoms with Gasteiger partial charge in [-0.25, -0.2) is 8.78 Å². The SMILES string of the molecule is Nc1ccc(Br)cc1OCC(=O)c1c(F)cccc1F. The number of carbonyl (C=O) groups is 1. The second kappa shape index (κ2) is 6.00. The molecule has 20 heavy (non-hydrogen) atoms. The highest BCUT2D eigenvalue weighted by atomic mass is 79.9. The van der Waals surface area contributed by atoms with E-state index < -0.39 is 29.6 Å². The van der Waals surface area contributed by atoms with Gasteiger partial charge in [0, 0.05) is 4.47 Å². The summed E-state index contributed by atoms with van der Waals surface area (Å²) >= 11 is 3.23. The second-order valence-corrected chi connectivity index (χ2v) is 4.91. The quantitative estimate of drug-likeness (QED) is 0.683. The monoisotopic (exact) mass is 341 g/mol. The van der Waals surface area contributed by atoms with E-state index in [-0.39, 0.29) is 5.75 Å². The normalized spacial score (nSPS) is 10.3. The fourth-order valence-corrected chi connectivity index (χ4v) is 1.95. The standard InChI is InChI=1S/C14H10BrF2NO2/c15-8-4-5-11(18)13(6-8)20-7-12(19)14-9(16)2-1-3-10(14)17/h1-6H,7,18H2. The Morgan fingerprint density at radius 2 is 1.85 bits per heavy atom. The van der Waals surface area contributed by atoms with Crippen molar-refractivity contribution in [3.05, 3.63) is 58.1 Å². The van der Waals surface area contributed by atoms with Crippen LogP contribution in [0.5, 0.6) is 5.75 Å². The molecule has 2 N–H and O–H groups in total. The molecule has 0 amide bonds. The van der Waals surface area contributed by atoms with Crippen molar-refractivity contribution in [1.29, 1.82) is 0 Å². The Kier molecular flexibility index (Phi) is 4.34. The molecule has 0 aromatic heterocycles. The minimum Gasteiger partial charge on any atom is -0.483 e. The summed E-state index contributed by atoms with van der Waals surface area (Å²) in [6.07, 6.45) is 0. The summed E-state index contributed by atoms with van der Waals surface area (Å²) < 4.78 is 32.8. The maximum atomic E-state index is 13.4. The third kappa shape index (κ3) is 3.14. The third-order valence-corrected chi connectivity index (χ3v) is 3.07. The maximum absolute atomic E-state index is 13.4. The van der Waals surface area contributed by atoms with E-state index in [1.807, 2.05) is 0 Å². The van der Waals surface area contributed by atoms with Crippen LogP contribution < -0.4 is 10.5 Å². The summed E-state index contributed by atoms with van der Waals surface area (Å²) in [5, 5.41) is 0. The first-order valence-corrected chi connectivity index (χ1v) is 6.43. The molecule has 0 saturated carbocycles. The minimum absolute atomic E-state index is 0.268. The number of carbonyl (C=O) groups excluding carboxylic acids is 1. The number of rotatable bonds is 4. The lowest BCUT2D eigenvalue weighted by Gasteiger charge is -2.09. The molecule has 2 aromatic carbocycles. The molecule has 0 atom stereocenters. The average molecular weight is 342 g/mol. The van der Waals surface area contributed by atoms with E-state index in [9.17, 15) is 13.6 Å². The molecule has 0 saturated heterocycles. The molecular formula is C14H10BrF2NO2. The van der Waals surface area contributed by atoms with E-state index in [0.29, 0.717) is 10.2 Å². The molecule has 2 rings (SSSR count). The van der Waals surface area contributed by atoms with Crippen LogP contribution in [0.25, 0.3) is 0 Å². The van der Waals surface area contributed by atoms with Gasteiger partial charge in [-0.15, -0.1) is 0 Å². The smallest absolute Gasteiger partial charge is 0.206 e.